The minimum absolute atomic E-state index is 0.0972. The molecule has 1 aromatic carbocycles. The molecule has 0 atom stereocenters. The molecule has 0 amide bonds. The largest absolute Gasteiger partial charge is 0.320 e. The van der Waals surface area contributed by atoms with E-state index >= 15 is 0 Å². The Morgan fingerprint density at radius 3 is 2.62 bits per heavy atom. The van der Waals surface area contributed by atoms with Gasteiger partial charge in [-0.1, -0.05) is 18.2 Å². The normalized spacial score (nSPS) is 17.8. The molecule has 13 heavy (non-hydrogen) atoms. The molecular formula is C9H5F2NO. The first-order valence-electron chi connectivity index (χ1n) is 3.68. The summed E-state index contributed by atoms with van der Waals surface area (Å²) in [5.74, 6) is -3.22. The van der Waals surface area contributed by atoms with Gasteiger partial charge in [-0.2, -0.15) is 8.78 Å². The van der Waals surface area contributed by atoms with E-state index in [2.05, 4.69) is 4.99 Å². The third-order valence-corrected chi connectivity index (χ3v) is 1.92. The summed E-state index contributed by atoms with van der Waals surface area (Å²) in [6.45, 7) is 0. The topological polar surface area (TPSA) is 29.4 Å². The number of hydrogen-bond acceptors (Lipinski definition) is 2. The van der Waals surface area contributed by atoms with Gasteiger partial charge in [0.1, 0.15) is 0 Å². The van der Waals surface area contributed by atoms with Gasteiger partial charge in [0.05, 0.1) is 11.3 Å². The van der Waals surface area contributed by atoms with Crippen LogP contribution in [-0.2, 0) is 10.7 Å². The van der Waals surface area contributed by atoms with Crippen LogP contribution in [0.4, 0.5) is 14.5 Å². The zero-order valence-corrected chi connectivity index (χ0v) is 6.50. The predicted octanol–water partition coefficient (Wildman–Crippen LogP) is 2.06. The van der Waals surface area contributed by atoms with Crippen molar-refractivity contribution in [2.75, 3.05) is 0 Å². The Kier molecular flexibility index (Phi) is 1.52. The molecule has 0 spiro atoms. The lowest BCUT2D eigenvalue weighted by Crippen LogP contribution is -2.22. The van der Waals surface area contributed by atoms with Crippen LogP contribution < -0.4 is 0 Å². The van der Waals surface area contributed by atoms with E-state index in [9.17, 15) is 13.6 Å². The highest BCUT2D eigenvalue weighted by atomic mass is 19.3. The number of hydrogen-bond donors (Lipinski definition) is 0. The third kappa shape index (κ3) is 0.983. The zero-order chi connectivity index (χ0) is 9.47. The second kappa shape index (κ2) is 2.45. The first-order valence-corrected chi connectivity index (χ1v) is 3.68. The Labute approximate surface area is 72.9 Å². The maximum Gasteiger partial charge on any atom is 0.320 e. The number of benzene rings is 1. The number of halogens is 2. The van der Waals surface area contributed by atoms with Gasteiger partial charge in [-0.15, -0.1) is 0 Å². The van der Waals surface area contributed by atoms with E-state index in [1.54, 1.807) is 6.07 Å². The first kappa shape index (κ1) is 8.04. The van der Waals surface area contributed by atoms with Crippen molar-refractivity contribution >= 4 is 17.7 Å². The van der Waals surface area contributed by atoms with Crippen LogP contribution in [0.1, 0.15) is 5.56 Å². The predicted molar refractivity (Wildman–Crippen MR) is 43.5 cm³/mol. The monoisotopic (exact) mass is 181 g/mol. The number of fused-ring (bicyclic) bond motifs is 1. The first-order chi connectivity index (χ1) is 6.16. The van der Waals surface area contributed by atoms with Gasteiger partial charge in [-0.05, 0) is 6.07 Å². The number of rotatable bonds is 1. The van der Waals surface area contributed by atoms with Crippen molar-refractivity contribution < 1.29 is 13.6 Å². The van der Waals surface area contributed by atoms with Crippen LogP contribution in [0.25, 0.3) is 0 Å². The molecule has 2 rings (SSSR count). The summed E-state index contributed by atoms with van der Waals surface area (Å²) in [4.78, 5) is 13.8. The van der Waals surface area contributed by atoms with Gasteiger partial charge >= 0.3 is 5.92 Å². The van der Waals surface area contributed by atoms with Crippen molar-refractivity contribution in [1.29, 1.82) is 0 Å². The number of alkyl halides is 2. The molecular weight excluding hydrogens is 176 g/mol. The maximum atomic E-state index is 13.2. The van der Waals surface area contributed by atoms with Crippen LogP contribution in [0, 0.1) is 0 Å². The lowest BCUT2D eigenvalue weighted by molar-refractivity contribution is -0.103. The molecule has 0 bridgehead atoms. The zero-order valence-electron chi connectivity index (χ0n) is 6.50. The van der Waals surface area contributed by atoms with Gasteiger partial charge in [0.25, 0.3) is 0 Å². The maximum absolute atomic E-state index is 13.2. The van der Waals surface area contributed by atoms with Gasteiger partial charge in [-0.25, -0.2) is 4.99 Å². The molecule has 0 unspecified atom stereocenters. The van der Waals surface area contributed by atoms with E-state index in [-0.39, 0.29) is 17.5 Å². The number of aldehydes is 1. The van der Waals surface area contributed by atoms with Crippen molar-refractivity contribution in [2.24, 2.45) is 4.99 Å². The molecule has 0 fully saturated rings. The lowest BCUT2D eigenvalue weighted by atomic mass is 10.1. The van der Waals surface area contributed by atoms with Crippen LogP contribution >= 0.6 is 0 Å². The molecule has 0 aliphatic carbocycles. The summed E-state index contributed by atoms with van der Waals surface area (Å²) in [7, 11) is 0. The van der Waals surface area contributed by atoms with E-state index in [4.69, 9.17) is 0 Å². The lowest BCUT2D eigenvalue weighted by Gasteiger charge is -2.08. The Morgan fingerprint density at radius 1 is 1.31 bits per heavy atom. The molecule has 66 valence electrons. The summed E-state index contributed by atoms with van der Waals surface area (Å²) >= 11 is 0. The molecule has 4 heteroatoms. The molecule has 1 heterocycles. The van der Waals surface area contributed by atoms with Gasteiger partial charge < -0.3 is 0 Å². The van der Waals surface area contributed by atoms with Crippen LogP contribution in [0.5, 0.6) is 0 Å². The summed E-state index contributed by atoms with van der Waals surface area (Å²) in [5, 5.41) is 0. The van der Waals surface area contributed by atoms with E-state index < -0.39 is 11.6 Å². The second-order valence-corrected chi connectivity index (χ2v) is 2.71. The van der Waals surface area contributed by atoms with Crippen LogP contribution in [0.3, 0.4) is 0 Å². The smallest absolute Gasteiger partial charge is 0.296 e. The molecule has 0 N–H and O–H groups in total. The second-order valence-electron chi connectivity index (χ2n) is 2.71. The highest BCUT2D eigenvalue weighted by Gasteiger charge is 2.44. The number of carbonyl (C=O) groups excluding carboxylic acids is 1. The molecule has 0 saturated carbocycles. The van der Waals surface area contributed by atoms with Gasteiger partial charge in [0.15, 0.2) is 12.0 Å². The summed E-state index contributed by atoms with van der Waals surface area (Å²) in [6.07, 6.45) is 0.0972. The quantitative estimate of drug-likeness (QED) is 0.610. The SMILES string of the molecule is O=CC1=Nc2ccccc2C1(F)F. The van der Waals surface area contributed by atoms with Crippen molar-refractivity contribution in [3.05, 3.63) is 29.8 Å². The summed E-state index contributed by atoms with van der Waals surface area (Å²) < 4.78 is 26.5. The Hall–Kier alpha value is -1.58. The highest BCUT2D eigenvalue weighted by molar-refractivity contribution is 6.33. The minimum Gasteiger partial charge on any atom is -0.296 e. The van der Waals surface area contributed by atoms with E-state index in [1.165, 1.54) is 18.2 Å². The number of carbonyl (C=O) groups is 1. The van der Waals surface area contributed by atoms with Gasteiger partial charge in [-0.3, -0.25) is 4.79 Å². The van der Waals surface area contributed by atoms with E-state index in [0.717, 1.165) is 0 Å². The number of aliphatic imine (C=N–C) groups is 1. The number of para-hydroxylation sites is 1. The van der Waals surface area contributed by atoms with Gasteiger partial charge in [0, 0.05) is 0 Å². The van der Waals surface area contributed by atoms with E-state index in [0.29, 0.717) is 0 Å². The minimum atomic E-state index is -3.22. The van der Waals surface area contributed by atoms with Crippen molar-refractivity contribution in [1.82, 2.24) is 0 Å². The molecule has 1 aromatic rings. The van der Waals surface area contributed by atoms with E-state index in [1.807, 2.05) is 0 Å². The molecule has 1 aliphatic heterocycles. The Balaban J connectivity index is 2.64. The summed E-state index contributed by atoms with van der Waals surface area (Å²) in [5.41, 5.74) is -0.736. The molecule has 0 aromatic heterocycles. The number of nitrogens with zero attached hydrogens (tertiary/aromatic N) is 1. The Morgan fingerprint density at radius 2 is 2.00 bits per heavy atom. The fraction of sp³-hybridized carbons (Fsp3) is 0.111. The van der Waals surface area contributed by atoms with Crippen LogP contribution in [0.15, 0.2) is 29.3 Å². The fourth-order valence-corrected chi connectivity index (χ4v) is 1.27. The molecule has 1 aliphatic rings. The molecule has 0 saturated heterocycles. The molecule has 2 nitrogen and oxygen atoms in total. The van der Waals surface area contributed by atoms with Gasteiger partial charge in [0.2, 0.25) is 0 Å². The average molecular weight is 181 g/mol. The third-order valence-electron chi connectivity index (χ3n) is 1.92. The van der Waals surface area contributed by atoms with Crippen molar-refractivity contribution in [3.63, 3.8) is 0 Å². The van der Waals surface area contributed by atoms with Crippen molar-refractivity contribution in [3.8, 4) is 0 Å². The van der Waals surface area contributed by atoms with Crippen molar-refractivity contribution in [2.45, 2.75) is 5.92 Å². The van der Waals surface area contributed by atoms with Crippen LogP contribution in [-0.4, -0.2) is 12.0 Å². The molecule has 0 radical (unpaired) electrons. The Bertz CT molecular complexity index is 398. The highest BCUT2D eigenvalue weighted by Crippen LogP contribution is 2.41. The fourth-order valence-electron chi connectivity index (χ4n) is 1.27. The average Bonchev–Trinajstić information content (AvgIpc) is 2.39. The van der Waals surface area contributed by atoms with Crippen LogP contribution in [0.2, 0.25) is 0 Å². The standard InChI is InChI=1S/C9H5F2NO/c10-9(11)6-3-1-2-4-7(6)12-8(9)5-13/h1-5H. The summed E-state index contributed by atoms with van der Waals surface area (Å²) in [6, 6.07) is 5.83.